The van der Waals surface area contributed by atoms with Crippen molar-refractivity contribution in [1.82, 2.24) is 15.1 Å². The topological polar surface area (TPSA) is 52.7 Å². The summed E-state index contributed by atoms with van der Waals surface area (Å²) in [5.41, 5.74) is 0.630. The van der Waals surface area contributed by atoms with Gasteiger partial charge >= 0.3 is 6.03 Å². The summed E-state index contributed by atoms with van der Waals surface area (Å²) in [6, 6.07) is 10.3. The lowest BCUT2D eigenvalue weighted by molar-refractivity contribution is -0.133. The Morgan fingerprint density at radius 1 is 1.24 bits per heavy atom. The van der Waals surface area contributed by atoms with E-state index in [1.54, 1.807) is 0 Å². The molecule has 3 rings (SSSR count). The number of hydrogen-bond acceptors (Lipinski definition) is 3. The second-order valence-electron chi connectivity index (χ2n) is 7.41. The van der Waals surface area contributed by atoms with Gasteiger partial charge in [0, 0.05) is 19.0 Å². The maximum Gasteiger partial charge on any atom is 0.325 e. The lowest BCUT2D eigenvalue weighted by Gasteiger charge is -2.39. The van der Waals surface area contributed by atoms with Crippen molar-refractivity contribution in [3.8, 4) is 0 Å². The molecule has 0 aromatic heterocycles. The van der Waals surface area contributed by atoms with Gasteiger partial charge in [-0.15, -0.1) is 0 Å². The Kier molecular flexibility index (Phi) is 5.42. The molecule has 3 amide bonds. The first kappa shape index (κ1) is 17.9. The first-order valence-corrected chi connectivity index (χ1v) is 9.45. The van der Waals surface area contributed by atoms with E-state index in [0.717, 1.165) is 45.3 Å². The average Bonchev–Trinajstić information content (AvgIpc) is 2.85. The number of rotatable bonds is 6. The van der Waals surface area contributed by atoms with Crippen molar-refractivity contribution in [2.45, 2.75) is 45.1 Å². The number of urea groups is 1. The number of carbonyl (C=O) groups excluding carboxylic acids is 2. The molecule has 0 radical (unpaired) electrons. The molecule has 2 heterocycles. The summed E-state index contributed by atoms with van der Waals surface area (Å²) in [6.07, 6.45) is 4.28. The molecule has 5 nitrogen and oxygen atoms in total. The van der Waals surface area contributed by atoms with Crippen molar-refractivity contribution in [3.63, 3.8) is 0 Å². The maximum absolute atomic E-state index is 12.7. The van der Waals surface area contributed by atoms with E-state index in [4.69, 9.17) is 0 Å². The Bertz CT molecular complexity index is 619. The Morgan fingerprint density at radius 2 is 2.00 bits per heavy atom. The summed E-state index contributed by atoms with van der Waals surface area (Å²) in [6.45, 7) is 7.20. The van der Waals surface area contributed by atoms with E-state index in [0.29, 0.717) is 6.54 Å². The predicted molar refractivity (Wildman–Crippen MR) is 98.3 cm³/mol. The van der Waals surface area contributed by atoms with E-state index in [-0.39, 0.29) is 17.9 Å². The molecular formula is C20H29N3O2. The molecule has 2 atom stereocenters. The third-order valence-electron chi connectivity index (χ3n) is 5.72. The van der Waals surface area contributed by atoms with Crippen LogP contribution in [0.25, 0.3) is 0 Å². The van der Waals surface area contributed by atoms with Crippen molar-refractivity contribution in [2.24, 2.45) is 5.92 Å². The van der Waals surface area contributed by atoms with Gasteiger partial charge in [0.1, 0.15) is 5.54 Å². The minimum atomic E-state index is -0.745. The van der Waals surface area contributed by atoms with Crippen LogP contribution in [0.4, 0.5) is 4.79 Å². The number of nitrogens with one attached hydrogen (secondary N) is 1. The molecule has 2 fully saturated rings. The van der Waals surface area contributed by atoms with Crippen molar-refractivity contribution >= 4 is 11.9 Å². The van der Waals surface area contributed by atoms with Crippen molar-refractivity contribution in [3.05, 3.63) is 35.9 Å². The number of piperidine rings is 1. The van der Waals surface area contributed by atoms with Gasteiger partial charge < -0.3 is 10.2 Å². The van der Waals surface area contributed by atoms with Crippen LogP contribution in [0.1, 0.15) is 38.7 Å². The third-order valence-corrected chi connectivity index (χ3v) is 5.72. The smallest absolute Gasteiger partial charge is 0.323 e. The molecule has 1 aromatic carbocycles. The number of hydrogen-bond donors (Lipinski definition) is 1. The third kappa shape index (κ3) is 3.71. The number of imide groups is 1. The second kappa shape index (κ2) is 7.56. The minimum Gasteiger partial charge on any atom is -0.323 e. The van der Waals surface area contributed by atoms with Crippen LogP contribution in [0.2, 0.25) is 0 Å². The van der Waals surface area contributed by atoms with E-state index in [1.165, 1.54) is 10.5 Å². The van der Waals surface area contributed by atoms with Gasteiger partial charge in [-0.25, -0.2) is 4.79 Å². The highest BCUT2D eigenvalue weighted by Crippen LogP contribution is 2.32. The fraction of sp³-hybridized carbons (Fsp3) is 0.600. The first-order valence-electron chi connectivity index (χ1n) is 9.45. The van der Waals surface area contributed by atoms with Crippen LogP contribution in [0.15, 0.2) is 30.3 Å². The number of likely N-dealkylation sites (tertiary alicyclic amines) is 1. The highest BCUT2D eigenvalue weighted by atomic mass is 16.2. The molecule has 0 aliphatic carbocycles. The van der Waals surface area contributed by atoms with Crippen molar-refractivity contribution < 1.29 is 9.59 Å². The Hall–Kier alpha value is -1.88. The van der Waals surface area contributed by atoms with E-state index >= 15 is 0 Å². The van der Waals surface area contributed by atoms with Crippen LogP contribution < -0.4 is 5.32 Å². The summed E-state index contributed by atoms with van der Waals surface area (Å²) >= 11 is 0. The number of aryl methyl sites for hydroxylation is 1. The zero-order valence-corrected chi connectivity index (χ0v) is 15.3. The molecular weight excluding hydrogens is 314 g/mol. The second-order valence-corrected chi connectivity index (χ2v) is 7.41. The van der Waals surface area contributed by atoms with Gasteiger partial charge in [-0.2, -0.15) is 0 Å². The van der Waals surface area contributed by atoms with Crippen LogP contribution in [-0.2, 0) is 11.2 Å². The lowest BCUT2D eigenvalue weighted by atomic mass is 9.80. The summed E-state index contributed by atoms with van der Waals surface area (Å²) in [5, 5.41) is 2.96. The highest BCUT2D eigenvalue weighted by molar-refractivity contribution is 6.07. The zero-order valence-electron chi connectivity index (χ0n) is 15.3. The van der Waals surface area contributed by atoms with Gasteiger partial charge in [0.2, 0.25) is 0 Å². The largest absolute Gasteiger partial charge is 0.325 e. The number of benzene rings is 1. The quantitative estimate of drug-likeness (QED) is 0.808. The van der Waals surface area contributed by atoms with Crippen molar-refractivity contribution in [1.29, 1.82) is 0 Å². The molecule has 1 N–H and O–H groups in total. The molecule has 2 saturated heterocycles. The monoisotopic (exact) mass is 343 g/mol. The Labute approximate surface area is 150 Å². The zero-order chi connectivity index (χ0) is 17.9. The Balaban J connectivity index is 1.56. The molecule has 25 heavy (non-hydrogen) atoms. The van der Waals surface area contributed by atoms with E-state index < -0.39 is 5.54 Å². The lowest BCUT2D eigenvalue weighted by Crippen LogP contribution is -2.56. The standard InChI is InChI=1S/C20H29N3O2/c1-3-23-18(24)20(2,21-19(23)25)17-12-8-14-22(15-17)13-7-11-16-9-5-4-6-10-16/h4-6,9-10,17H,3,7-8,11-15H2,1-2H3,(H,21,25)/t17-,20-/m0/s1. The van der Waals surface area contributed by atoms with E-state index in [1.807, 2.05) is 19.9 Å². The molecule has 5 heteroatoms. The molecule has 0 bridgehead atoms. The van der Waals surface area contributed by atoms with Crippen LogP contribution in [-0.4, -0.2) is 53.5 Å². The molecule has 2 aliphatic rings. The van der Waals surface area contributed by atoms with Crippen LogP contribution in [0.5, 0.6) is 0 Å². The van der Waals surface area contributed by atoms with E-state index in [9.17, 15) is 9.59 Å². The number of carbonyl (C=O) groups is 2. The summed E-state index contributed by atoms with van der Waals surface area (Å²) in [4.78, 5) is 28.6. The molecule has 136 valence electrons. The molecule has 2 aliphatic heterocycles. The van der Waals surface area contributed by atoms with Gasteiger partial charge in [0.05, 0.1) is 0 Å². The summed E-state index contributed by atoms with van der Waals surface area (Å²) < 4.78 is 0. The van der Waals surface area contributed by atoms with Crippen LogP contribution in [0.3, 0.4) is 0 Å². The molecule has 1 aromatic rings. The van der Waals surface area contributed by atoms with Gasteiger partial charge in [-0.05, 0) is 58.2 Å². The van der Waals surface area contributed by atoms with Gasteiger partial charge in [0.15, 0.2) is 0 Å². The fourth-order valence-corrected chi connectivity index (χ4v) is 4.16. The molecule has 0 spiro atoms. The first-order chi connectivity index (χ1) is 12.0. The van der Waals surface area contributed by atoms with Gasteiger partial charge in [-0.1, -0.05) is 30.3 Å². The van der Waals surface area contributed by atoms with Crippen LogP contribution >= 0.6 is 0 Å². The summed E-state index contributed by atoms with van der Waals surface area (Å²) in [7, 11) is 0. The minimum absolute atomic E-state index is 0.0591. The number of likely N-dealkylation sites (N-methyl/N-ethyl adjacent to an activating group) is 1. The maximum atomic E-state index is 12.7. The summed E-state index contributed by atoms with van der Waals surface area (Å²) in [5.74, 6) is 0.127. The highest BCUT2D eigenvalue weighted by Gasteiger charge is 2.52. The Morgan fingerprint density at radius 3 is 2.68 bits per heavy atom. The molecule has 0 unspecified atom stereocenters. The number of nitrogens with zero attached hydrogens (tertiary/aromatic N) is 2. The molecule has 0 saturated carbocycles. The average molecular weight is 343 g/mol. The number of amides is 3. The SMILES string of the molecule is CCN1C(=O)N[C@@](C)([C@H]2CCCN(CCCc3ccccc3)C2)C1=O. The van der Waals surface area contributed by atoms with Crippen LogP contribution in [0, 0.1) is 5.92 Å². The van der Waals surface area contributed by atoms with Gasteiger partial charge in [0.25, 0.3) is 5.91 Å². The van der Waals surface area contributed by atoms with Gasteiger partial charge in [-0.3, -0.25) is 9.69 Å². The predicted octanol–water partition coefficient (Wildman–Crippen LogP) is 2.66. The van der Waals surface area contributed by atoms with Crippen molar-refractivity contribution in [2.75, 3.05) is 26.2 Å². The van der Waals surface area contributed by atoms with E-state index in [2.05, 4.69) is 34.5 Å². The normalized spacial score (nSPS) is 27.6. The fourth-order valence-electron chi connectivity index (χ4n) is 4.16.